The number of piperidine rings is 1. The van der Waals surface area contributed by atoms with Crippen molar-refractivity contribution in [2.24, 2.45) is 5.92 Å². The molecule has 1 aromatic rings. The minimum Gasteiger partial charge on any atom is -0.316 e. The standard InChI is InChI=1S/C15H22N2O.ClH/c1-3-17(14-8-6-12(2)7-9-14)15(18)13-5-4-10-16-11-13;/h6-9,13,16H,3-5,10-11H2,1-2H3;1H. The van der Waals surface area contributed by atoms with Crippen molar-refractivity contribution in [3.63, 3.8) is 0 Å². The summed E-state index contributed by atoms with van der Waals surface area (Å²) in [5.41, 5.74) is 2.24. The molecule has 0 aliphatic carbocycles. The number of halogens is 1. The average Bonchev–Trinajstić information content (AvgIpc) is 2.42. The van der Waals surface area contributed by atoms with Gasteiger partial charge in [-0.2, -0.15) is 0 Å². The first-order chi connectivity index (χ1) is 8.72. The molecule has 1 fully saturated rings. The van der Waals surface area contributed by atoms with Gasteiger partial charge in [0.1, 0.15) is 0 Å². The first kappa shape index (κ1) is 16.0. The number of benzene rings is 1. The van der Waals surface area contributed by atoms with E-state index in [9.17, 15) is 4.79 Å². The van der Waals surface area contributed by atoms with E-state index in [1.54, 1.807) is 0 Å². The molecule has 0 bridgehead atoms. The third-order valence-corrected chi connectivity index (χ3v) is 3.57. The van der Waals surface area contributed by atoms with Gasteiger partial charge in [0.05, 0.1) is 5.92 Å². The Kier molecular flexibility index (Phi) is 6.32. The molecule has 1 aliphatic rings. The van der Waals surface area contributed by atoms with E-state index in [0.29, 0.717) is 0 Å². The SMILES string of the molecule is CCN(C(=O)C1CCCNC1)c1ccc(C)cc1.Cl. The highest BCUT2D eigenvalue weighted by Gasteiger charge is 2.25. The van der Waals surface area contributed by atoms with Crippen LogP contribution >= 0.6 is 12.4 Å². The molecule has 1 amide bonds. The van der Waals surface area contributed by atoms with Crippen LogP contribution < -0.4 is 10.2 Å². The predicted molar refractivity (Wildman–Crippen MR) is 82.0 cm³/mol. The lowest BCUT2D eigenvalue weighted by molar-refractivity contribution is -0.122. The molecule has 1 saturated heterocycles. The maximum Gasteiger partial charge on any atom is 0.231 e. The van der Waals surface area contributed by atoms with E-state index >= 15 is 0 Å². The normalized spacial score (nSPS) is 18.5. The van der Waals surface area contributed by atoms with Gasteiger partial charge in [0.15, 0.2) is 0 Å². The molecular formula is C15H23ClN2O. The van der Waals surface area contributed by atoms with Crippen LogP contribution in [0.4, 0.5) is 5.69 Å². The molecule has 1 unspecified atom stereocenters. The topological polar surface area (TPSA) is 32.3 Å². The lowest BCUT2D eigenvalue weighted by Crippen LogP contribution is -2.43. The van der Waals surface area contributed by atoms with Crippen molar-refractivity contribution in [1.29, 1.82) is 0 Å². The monoisotopic (exact) mass is 282 g/mol. The summed E-state index contributed by atoms with van der Waals surface area (Å²) in [6, 6.07) is 8.19. The van der Waals surface area contributed by atoms with Gasteiger partial charge in [0.25, 0.3) is 0 Å². The molecule has 0 radical (unpaired) electrons. The number of anilines is 1. The van der Waals surface area contributed by atoms with Gasteiger partial charge < -0.3 is 10.2 Å². The molecule has 3 nitrogen and oxygen atoms in total. The van der Waals surface area contributed by atoms with E-state index in [1.807, 2.05) is 24.0 Å². The molecule has 1 heterocycles. The van der Waals surface area contributed by atoms with Crippen molar-refractivity contribution in [1.82, 2.24) is 5.32 Å². The Morgan fingerprint density at radius 3 is 2.58 bits per heavy atom. The smallest absolute Gasteiger partial charge is 0.231 e. The van der Waals surface area contributed by atoms with E-state index in [0.717, 1.165) is 38.2 Å². The molecule has 106 valence electrons. The van der Waals surface area contributed by atoms with Crippen LogP contribution in [-0.4, -0.2) is 25.5 Å². The quantitative estimate of drug-likeness (QED) is 0.925. The average molecular weight is 283 g/mol. The molecule has 1 aliphatic heterocycles. The molecule has 1 atom stereocenters. The fourth-order valence-electron chi connectivity index (χ4n) is 2.47. The number of amides is 1. The molecule has 0 saturated carbocycles. The highest BCUT2D eigenvalue weighted by Crippen LogP contribution is 2.20. The maximum atomic E-state index is 12.5. The zero-order chi connectivity index (χ0) is 13.0. The lowest BCUT2D eigenvalue weighted by Gasteiger charge is -2.29. The Morgan fingerprint density at radius 2 is 2.05 bits per heavy atom. The highest BCUT2D eigenvalue weighted by molar-refractivity contribution is 5.95. The van der Waals surface area contributed by atoms with Crippen LogP contribution in [0.1, 0.15) is 25.3 Å². The Labute approximate surface area is 121 Å². The molecular weight excluding hydrogens is 260 g/mol. The van der Waals surface area contributed by atoms with Gasteiger partial charge in [-0.1, -0.05) is 17.7 Å². The Morgan fingerprint density at radius 1 is 1.37 bits per heavy atom. The first-order valence-corrected chi connectivity index (χ1v) is 6.81. The number of nitrogens with one attached hydrogen (secondary N) is 1. The van der Waals surface area contributed by atoms with Crippen LogP contribution in [0.3, 0.4) is 0 Å². The minimum atomic E-state index is 0. The summed E-state index contributed by atoms with van der Waals surface area (Å²) in [7, 11) is 0. The fraction of sp³-hybridized carbons (Fsp3) is 0.533. The number of hydrogen-bond donors (Lipinski definition) is 1. The van der Waals surface area contributed by atoms with Gasteiger partial charge in [0, 0.05) is 18.8 Å². The van der Waals surface area contributed by atoms with Crippen molar-refractivity contribution in [2.75, 3.05) is 24.5 Å². The van der Waals surface area contributed by atoms with Gasteiger partial charge in [-0.05, 0) is 45.4 Å². The summed E-state index contributed by atoms with van der Waals surface area (Å²) in [4.78, 5) is 14.4. The highest BCUT2D eigenvalue weighted by atomic mass is 35.5. The zero-order valence-electron chi connectivity index (χ0n) is 11.7. The third-order valence-electron chi connectivity index (χ3n) is 3.57. The number of aryl methyl sites for hydroxylation is 1. The number of carbonyl (C=O) groups is 1. The van der Waals surface area contributed by atoms with Gasteiger partial charge in [-0.3, -0.25) is 4.79 Å². The van der Waals surface area contributed by atoms with Crippen molar-refractivity contribution in [3.05, 3.63) is 29.8 Å². The van der Waals surface area contributed by atoms with Crippen LogP contribution in [0.15, 0.2) is 24.3 Å². The summed E-state index contributed by atoms with van der Waals surface area (Å²) in [5, 5.41) is 3.31. The Hall–Kier alpha value is -1.06. The minimum absolute atomic E-state index is 0. The summed E-state index contributed by atoms with van der Waals surface area (Å²) in [6.07, 6.45) is 2.11. The number of rotatable bonds is 3. The molecule has 2 rings (SSSR count). The van der Waals surface area contributed by atoms with E-state index in [4.69, 9.17) is 0 Å². The largest absolute Gasteiger partial charge is 0.316 e. The van der Waals surface area contributed by atoms with Crippen LogP contribution in [0, 0.1) is 12.8 Å². The predicted octanol–water partition coefficient (Wildman–Crippen LogP) is 2.77. The van der Waals surface area contributed by atoms with E-state index in [1.165, 1.54) is 5.56 Å². The zero-order valence-corrected chi connectivity index (χ0v) is 12.5. The van der Waals surface area contributed by atoms with E-state index in [2.05, 4.69) is 24.4 Å². The summed E-state index contributed by atoms with van der Waals surface area (Å²) in [6.45, 7) is 6.70. The van der Waals surface area contributed by atoms with Gasteiger partial charge in [0.2, 0.25) is 5.91 Å². The van der Waals surface area contributed by atoms with Crippen LogP contribution in [0.5, 0.6) is 0 Å². The maximum absolute atomic E-state index is 12.5. The van der Waals surface area contributed by atoms with Gasteiger partial charge >= 0.3 is 0 Å². The summed E-state index contributed by atoms with van der Waals surface area (Å²) in [5.74, 6) is 0.397. The summed E-state index contributed by atoms with van der Waals surface area (Å²) < 4.78 is 0. The lowest BCUT2D eigenvalue weighted by atomic mass is 9.98. The first-order valence-electron chi connectivity index (χ1n) is 6.81. The van der Waals surface area contributed by atoms with Gasteiger partial charge in [-0.15, -0.1) is 12.4 Å². The second kappa shape index (κ2) is 7.51. The number of hydrogen-bond acceptors (Lipinski definition) is 2. The van der Waals surface area contributed by atoms with E-state index in [-0.39, 0.29) is 24.2 Å². The summed E-state index contributed by atoms with van der Waals surface area (Å²) >= 11 is 0. The second-order valence-electron chi connectivity index (χ2n) is 4.96. The van der Waals surface area contributed by atoms with Crippen LogP contribution in [0.25, 0.3) is 0 Å². The second-order valence-corrected chi connectivity index (χ2v) is 4.96. The number of nitrogens with zero attached hydrogens (tertiary/aromatic N) is 1. The van der Waals surface area contributed by atoms with Gasteiger partial charge in [-0.25, -0.2) is 0 Å². The van der Waals surface area contributed by atoms with Crippen LogP contribution in [0.2, 0.25) is 0 Å². The van der Waals surface area contributed by atoms with E-state index < -0.39 is 0 Å². The molecule has 0 spiro atoms. The molecule has 19 heavy (non-hydrogen) atoms. The van der Waals surface area contributed by atoms with Crippen molar-refractivity contribution in [3.8, 4) is 0 Å². The number of carbonyl (C=O) groups excluding carboxylic acids is 1. The van der Waals surface area contributed by atoms with Crippen molar-refractivity contribution in [2.45, 2.75) is 26.7 Å². The molecule has 4 heteroatoms. The van der Waals surface area contributed by atoms with Crippen molar-refractivity contribution >= 4 is 24.0 Å². The molecule has 1 N–H and O–H groups in total. The Bertz CT molecular complexity index is 399. The fourth-order valence-corrected chi connectivity index (χ4v) is 2.47. The molecule has 1 aromatic carbocycles. The molecule has 0 aromatic heterocycles. The third kappa shape index (κ3) is 3.95. The van der Waals surface area contributed by atoms with Crippen LogP contribution in [-0.2, 0) is 4.79 Å². The van der Waals surface area contributed by atoms with Crippen molar-refractivity contribution < 1.29 is 4.79 Å². The Balaban J connectivity index is 0.00000180.